The van der Waals surface area contributed by atoms with Crippen molar-refractivity contribution >= 4 is 39.4 Å². The minimum Gasteiger partial charge on any atom is -0.480 e. The number of rotatable bonds is 7. The van der Waals surface area contributed by atoms with Crippen LogP contribution >= 0.6 is 11.6 Å². The molecular formula is C22H24ClN3O7S. The van der Waals surface area contributed by atoms with Crippen LogP contribution in [0.5, 0.6) is 5.75 Å². The number of amides is 2. The second-order valence-corrected chi connectivity index (χ2v) is 10.1. The number of nitrogens with zero attached hydrogens (tertiary/aromatic N) is 1. The minimum atomic E-state index is -3.91. The molecule has 0 fully saturated rings. The Morgan fingerprint density at radius 3 is 2.41 bits per heavy atom. The average molecular weight is 510 g/mol. The van der Waals surface area contributed by atoms with Gasteiger partial charge in [-0.25, -0.2) is 13.6 Å². The first-order valence-electron chi connectivity index (χ1n) is 10.3. The van der Waals surface area contributed by atoms with Crippen molar-refractivity contribution in [3.05, 3.63) is 58.6 Å². The molecule has 4 N–H and O–H groups in total. The Hall–Kier alpha value is -3.15. The summed E-state index contributed by atoms with van der Waals surface area (Å²) in [6.07, 6.45) is -0.930. The van der Waals surface area contributed by atoms with Crippen LogP contribution in [0, 0.1) is 5.92 Å². The lowest BCUT2D eigenvalue weighted by Gasteiger charge is -2.31. The number of carboxylic acids is 1. The van der Waals surface area contributed by atoms with Crippen LogP contribution in [0.1, 0.15) is 31.0 Å². The van der Waals surface area contributed by atoms with Crippen LogP contribution < -0.4 is 15.2 Å². The molecule has 34 heavy (non-hydrogen) atoms. The van der Waals surface area contributed by atoms with Crippen molar-refractivity contribution in [3.8, 4) is 5.75 Å². The zero-order chi connectivity index (χ0) is 25.2. The Kier molecular flexibility index (Phi) is 7.49. The molecular weight excluding hydrogens is 486 g/mol. The molecule has 10 nitrogen and oxygen atoms in total. The summed E-state index contributed by atoms with van der Waals surface area (Å²) in [6.45, 7) is 2.85. The van der Waals surface area contributed by atoms with Gasteiger partial charge in [-0.3, -0.25) is 14.4 Å². The average Bonchev–Trinajstić information content (AvgIpc) is 2.86. The van der Waals surface area contributed by atoms with Crippen molar-refractivity contribution in [2.24, 2.45) is 11.1 Å². The predicted octanol–water partition coefficient (Wildman–Crippen LogP) is 1.68. The quantitative estimate of drug-likeness (QED) is 0.512. The van der Waals surface area contributed by atoms with Gasteiger partial charge in [0.05, 0.1) is 4.90 Å². The second kappa shape index (κ2) is 10.00. The number of sulfonamides is 1. The number of carbonyl (C=O) groups excluding carboxylic acids is 2. The normalized spacial score (nSPS) is 18.1. The highest BCUT2D eigenvalue weighted by Crippen LogP contribution is 2.38. The van der Waals surface area contributed by atoms with Crippen LogP contribution in [0.2, 0.25) is 5.02 Å². The number of fused-ring (bicyclic) bond motifs is 1. The third kappa shape index (κ3) is 5.66. The van der Waals surface area contributed by atoms with Gasteiger partial charge in [0.25, 0.3) is 5.91 Å². The molecule has 1 aliphatic heterocycles. The van der Waals surface area contributed by atoms with E-state index < -0.39 is 46.5 Å². The zero-order valence-electron chi connectivity index (χ0n) is 18.4. The standard InChI is InChI=1S/C22H24ClN3O7S/c1-12(2)20-22(30)26(11-13-3-6-15(7-4-13)34(24,31)32)19(21(29)25-10-18(27)28)16-9-14(23)5-8-17(16)33-20/h3-9,12,19-20H,10-11H2,1-2H3,(H,25,29)(H,27,28)(H2,24,31,32). The van der Waals surface area contributed by atoms with Gasteiger partial charge in [-0.05, 0) is 41.8 Å². The molecule has 2 atom stereocenters. The summed E-state index contributed by atoms with van der Waals surface area (Å²) in [5.74, 6) is -2.45. The van der Waals surface area contributed by atoms with Crippen molar-refractivity contribution in [1.82, 2.24) is 10.2 Å². The summed E-state index contributed by atoms with van der Waals surface area (Å²) < 4.78 is 29.1. The summed E-state index contributed by atoms with van der Waals surface area (Å²) in [5, 5.41) is 16.8. The number of carboxylic acid groups (broad SMARTS) is 1. The van der Waals surface area contributed by atoms with Gasteiger partial charge in [-0.2, -0.15) is 0 Å². The third-order valence-corrected chi connectivity index (χ3v) is 6.40. The van der Waals surface area contributed by atoms with Gasteiger partial charge in [-0.1, -0.05) is 37.6 Å². The maximum atomic E-state index is 13.6. The van der Waals surface area contributed by atoms with Crippen LogP contribution in [0.4, 0.5) is 0 Å². The van der Waals surface area contributed by atoms with E-state index in [9.17, 15) is 22.8 Å². The zero-order valence-corrected chi connectivity index (χ0v) is 20.0. The van der Waals surface area contributed by atoms with Gasteiger partial charge in [0.2, 0.25) is 15.9 Å². The molecule has 1 heterocycles. The summed E-state index contributed by atoms with van der Waals surface area (Å²) in [7, 11) is -3.91. The van der Waals surface area contributed by atoms with Crippen molar-refractivity contribution in [2.45, 2.75) is 37.4 Å². The summed E-state index contributed by atoms with van der Waals surface area (Å²) in [5.41, 5.74) is 0.817. The van der Waals surface area contributed by atoms with Gasteiger partial charge < -0.3 is 20.1 Å². The highest BCUT2D eigenvalue weighted by Gasteiger charge is 2.42. The van der Waals surface area contributed by atoms with Crippen LogP contribution in [-0.2, 0) is 31.0 Å². The molecule has 0 saturated heterocycles. The van der Waals surface area contributed by atoms with Crippen LogP contribution in [0.3, 0.4) is 0 Å². The van der Waals surface area contributed by atoms with E-state index in [2.05, 4.69) is 5.32 Å². The highest BCUT2D eigenvalue weighted by atomic mass is 35.5. The minimum absolute atomic E-state index is 0.0899. The van der Waals surface area contributed by atoms with E-state index in [-0.39, 0.29) is 23.1 Å². The number of ether oxygens (including phenoxy) is 1. The molecule has 2 unspecified atom stereocenters. The molecule has 3 rings (SSSR count). The molecule has 2 aromatic rings. The highest BCUT2D eigenvalue weighted by molar-refractivity contribution is 7.89. The Labute approximate surface area is 201 Å². The van der Waals surface area contributed by atoms with E-state index in [1.54, 1.807) is 26.0 Å². The molecule has 0 aliphatic carbocycles. The topological polar surface area (TPSA) is 156 Å². The van der Waals surface area contributed by atoms with Gasteiger partial charge in [0, 0.05) is 17.1 Å². The lowest BCUT2D eigenvalue weighted by Crippen LogP contribution is -2.48. The molecule has 12 heteroatoms. The smallest absolute Gasteiger partial charge is 0.322 e. The first-order valence-corrected chi connectivity index (χ1v) is 12.2. The van der Waals surface area contributed by atoms with E-state index in [1.165, 1.54) is 35.2 Å². The first kappa shape index (κ1) is 25.5. The largest absolute Gasteiger partial charge is 0.480 e. The SMILES string of the molecule is CC(C)C1Oc2ccc(Cl)cc2C(C(=O)NCC(=O)O)N(Cc2ccc(S(N)(=O)=O)cc2)C1=O. The number of hydrogen-bond acceptors (Lipinski definition) is 6. The Morgan fingerprint density at radius 2 is 1.85 bits per heavy atom. The fourth-order valence-corrected chi connectivity index (χ4v) is 4.30. The monoisotopic (exact) mass is 509 g/mol. The fraction of sp³-hybridized carbons (Fsp3) is 0.318. The molecule has 0 aromatic heterocycles. The lowest BCUT2D eigenvalue weighted by molar-refractivity contribution is -0.147. The molecule has 0 bridgehead atoms. The molecule has 1 aliphatic rings. The molecule has 0 radical (unpaired) electrons. The number of nitrogens with one attached hydrogen (secondary N) is 1. The maximum absolute atomic E-state index is 13.6. The third-order valence-electron chi connectivity index (χ3n) is 5.23. The molecule has 182 valence electrons. The van der Waals surface area contributed by atoms with Gasteiger partial charge in [0.15, 0.2) is 6.10 Å². The number of nitrogens with two attached hydrogens (primary N) is 1. The Morgan fingerprint density at radius 1 is 1.21 bits per heavy atom. The first-order chi connectivity index (χ1) is 15.9. The van der Waals surface area contributed by atoms with E-state index >= 15 is 0 Å². The van der Waals surface area contributed by atoms with Crippen molar-refractivity contribution in [1.29, 1.82) is 0 Å². The Balaban J connectivity index is 2.11. The van der Waals surface area contributed by atoms with E-state index in [0.717, 1.165) is 0 Å². The van der Waals surface area contributed by atoms with Gasteiger partial charge in [-0.15, -0.1) is 0 Å². The number of benzene rings is 2. The summed E-state index contributed by atoms with van der Waals surface area (Å²) in [4.78, 5) is 39.0. The Bertz CT molecular complexity index is 1220. The van der Waals surface area contributed by atoms with E-state index in [0.29, 0.717) is 16.1 Å². The van der Waals surface area contributed by atoms with Crippen LogP contribution in [0.25, 0.3) is 0 Å². The van der Waals surface area contributed by atoms with E-state index in [1.807, 2.05) is 0 Å². The van der Waals surface area contributed by atoms with Crippen molar-refractivity contribution < 1.29 is 32.6 Å². The fourth-order valence-electron chi connectivity index (χ4n) is 3.60. The second-order valence-electron chi connectivity index (χ2n) is 8.13. The lowest BCUT2D eigenvalue weighted by atomic mass is 10.0. The predicted molar refractivity (Wildman–Crippen MR) is 122 cm³/mol. The van der Waals surface area contributed by atoms with Crippen LogP contribution in [0.15, 0.2) is 47.4 Å². The van der Waals surface area contributed by atoms with Gasteiger partial charge in [0.1, 0.15) is 18.3 Å². The van der Waals surface area contributed by atoms with Crippen molar-refractivity contribution in [2.75, 3.05) is 6.54 Å². The maximum Gasteiger partial charge on any atom is 0.322 e. The number of hydrogen-bond donors (Lipinski definition) is 3. The number of halogens is 1. The molecule has 0 spiro atoms. The van der Waals surface area contributed by atoms with Crippen molar-refractivity contribution in [3.63, 3.8) is 0 Å². The molecule has 2 amide bonds. The molecule has 0 saturated carbocycles. The summed E-state index contributed by atoms with van der Waals surface area (Å²) in [6, 6.07) is 8.93. The van der Waals surface area contributed by atoms with Crippen LogP contribution in [-0.4, -0.2) is 48.9 Å². The number of primary sulfonamides is 1. The van der Waals surface area contributed by atoms with Gasteiger partial charge >= 0.3 is 5.97 Å². The summed E-state index contributed by atoms with van der Waals surface area (Å²) >= 11 is 6.18. The number of aliphatic carboxylic acids is 1. The number of carbonyl (C=O) groups is 3. The molecule has 2 aromatic carbocycles. The van der Waals surface area contributed by atoms with E-state index in [4.69, 9.17) is 26.6 Å².